The van der Waals surface area contributed by atoms with Gasteiger partial charge in [-0.05, 0) is 24.0 Å². The van der Waals surface area contributed by atoms with Crippen molar-refractivity contribution in [3.63, 3.8) is 0 Å². The summed E-state index contributed by atoms with van der Waals surface area (Å²) in [6.07, 6.45) is 2.88. The van der Waals surface area contributed by atoms with Crippen molar-refractivity contribution in [2.75, 3.05) is 0 Å². The van der Waals surface area contributed by atoms with Gasteiger partial charge in [0.2, 0.25) is 0 Å². The molecular weight excluding hydrogens is 224 g/mol. The van der Waals surface area contributed by atoms with E-state index in [-0.39, 0.29) is 11.5 Å². The molecule has 94 valence electrons. The van der Waals surface area contributed by atoms with E-state index < -0.39 is 0 Å². The molecule has 0 atom stereocenters. The lowest BCUT2D eigenvalue weighted by Gasteiger charge is -2.10. The minimum absolute atomic E-state index is 0.0183. The van der Waals surface area contributed by atoms with Crippen molar-refractivity contribution in [3.8, 4) is 22.6 Å². The lowest BCUT2D eigenvalue weighted by molar-refractivity contribution is 0.400. The highest BCUT2D eigenvalue weighted by atomic mass is 16.3. The van der Waals surface area contributed by atoms with Gasteiger partial charge in [-0.1, -0.05) is 55.8 Å². The van der Waals surface area contributed by atoms with Crippen LogP contribution in [0.4, 0.5) is 0 Å². The second-order valence-corrected chi connectivity index (χ2v) is 4.44. The van der Waals surface area contributed by atoms with Crippen LogP contribution in [0, 0.1) is 0 Å². The SMILES string of the molecule is CCCCc1ccc(-c2ccccc2)c(O)c1O. The molecule has 0 bridgehead atoms. The standard InChI is InChI=1S/C16H18O2/c1-2-3-7-13-10-11-14(16(18)15(13)17)12-8-5-4-6-9-12/h4-6,8-11,17-18H,2-3,7H2,1H3. The Morgan fingerprint density at radius 1 is 0.889 bits per heavy atom. The van der Waals surface area contributed by atoms with E-state index in [0.717, 1.165) is 30.4 Å². The van der Waals surface area contributed by atoms with E-state index in [9.17, 15) is 10.2 Å². The third kappa shape index (κ3) is 2.48. The van der Waals surface area contributed by atoms with Crippen molar-refractivity contribution in [2.24, 2.45) is 0 Å². The van der Waals surface area contributed by atoms with Crippen molar-refractivity contribution < 1.29 is 10.2 Å². The van der Waals surface area contributed by atoms with Crippen LogP contribution in [0.2, 0.25) is 0 Å². The topological polar surface area (TPSA) is 40.5 Å². The molecular formula is C16H18O2. The van der Waals surface area contributed by atoms with E-state index in [4.69, 9.17) is 0 Å². The fourth-order valence-corrected chi connectivity index (χ4v) is 2.04. The molecule has 0 aliphatic carbocycles. The number of rotatable bonds is 4. The molecule has 0 heterocycles. The van der Waals surface area contributed by atoms with Crippen LogP contribution in [0.1, 0.15) is 25.3 Å². The van der Waals surface area contributed by atoms with Crippen LogP contribution in [0.15, 0.2) is 42.5 Å². The average molecular weight is 242 g/mol. The zero-order valence-electron chi connectivity index (χ0n) is 10.6. The zero-order chi connectivity index (χ0) is 13.0. The van der Waals surface area contributed by atoms with Crippen LogP contribution in [-0.4, -0.2) is 10.2 Å². The van der Waals surface area contributed by atoms with Crippen molar-refractivity contribution in [1.29, 1.82) is 0 Å². The van der Waals surface area contributed by atoms with Crippen LogP contribution >= 0.6 is 0 Å². The van der Waals surface area contributed by atoms with E-state index in [1.807, 2.05) is 42.5 Å². The monoisotopic (exact) mass is 242 g/mol. The number of hydrogen-bond donors (Lipinski definition) is 2. The van der Waals surface area contributed by atoms with Crippen molar-refractivity contribution in [2.45, 2.75) is 26.2 Å². The van der Waals surface area contributed by atoms with Gasteiger partial charge in [0.25, 0.3) is 0 Å². The van der Waals surface area contributed by atoms with Crippen LogP contribution in [0.3, 0.4) is 0 Å². The molecule has 0 saturated carbocycles. The number of aromatic hydroxyl groups is 2. The summed E-state index contributed by atoms with van der Waals surface area (Å²) in [5, 5.41) is 20.1. The Kier molecular flexibility index (Phi) is 3.88. The highest BCUT2D eigenvalue weighted by Gasteiger charge is 2.12. The summed E-state index contributed by atoms with van der Waals surface area (Å²) < 4.78 is 0. The summed E-state index contributed by atoms with van der Waals surface area (Å²) in [4.78, 5) is 0. The number of hydrogen-bond acceptors (Lipinski definition) is 2. The summed E-state index contributed by atoms with van der Waals surface area (Å²) in [6, 6.07) is 13.4. The van der Waals surface area contributed by atoms with Crippen LogP contribution < -0.4 is 0 Å². The summed E-state index contributed by atoms with van der Waals surface area (Å²) >= 11 is 0. The molecule has 2 heteroatoms. The number of aryl methyl sites for hydroxylation is 1. The normalized spacial score (nSPS) is 10.5. The summed E-state index contributed by atoms with van der Waals surface area (Å²) in [5.74, 6) is -0.000365. The van der Waals surface area contributed by atoms with Gasteiger partial charge in [-0.25, -0.2) is 0 Å². The first-order chi connectivity index (χ1) is 8.74. The van der Waals surface area contributed by atoms with Gasteiger partial charge in [-0.15, -0.1) is 0 Å². The van der Waals surface area contributed by atoms with Crippen LogP contribution in [0.5, 0.6) is 11.5 Å². The van der Waals surface area contributed by atoms with Gasteiger partial charge >= 0.3 is 0 Å². The number of unbranched alkanes of at least 4 members (excludes halogenated alkanes) is 1. The van der Waals surface area contributed by atoms with Gasteiger partial charge in [-0.3, -0.25) is 0 Å². The maximum atomic E-state index is 10.1. The van der Waals surface area contributed by atoms with Gasteiger partial charge in [0, 0.05) is 5.56 Å². The molecule has 0 spiro atoms. The highest BCUT2D eigenvalue weighted by Crippen LogP contribution is 2.39. The van der Waals surface area contributed by atoms with E-state index in [1.165, 1.54) is 0 Å². The number of benzene rings is 2. The maximum Gasteiger partial charge on any atom is 0.165 e. The predicted octanol–water partition coefficient (Wildman–Crippen LogP) is 4.11. The highest BCUT2D eigenvalue weighted by molar-refractivity contribution is 5.74. The van der Waals surface area contributed by atoms with Crippen molar-refractivity contribution >= 4 is 0 Å². The molecule has 18 heavy (non-hydrogen) atoms. The summed E-state index contributed by atoms with van der Waals surface area (Å²) in [7, 11) is 0. The van der Waals surface area contributed by atoms with E-state index in [2.05, 4.69) is 6.92 Å². The molecule has 0 radical (unpaired) electrons. The third-order valence-electron chi connectivity index (χ3n) is 3.12. The summed E-state index contributed by atoms with van der Waals surface area (Å²) in [5.41, 5.74) is 2.40. The van der Waals surface area contributed by atoms with Crippen LogP contribution in [-0.2, 0) is 6.42 Å². The van der Waals surface area contributed by atoms with Crippen LogP contribution in [0.25, 0.3) is 11.1 Å². The Bertz CT molecular complexity index is 518. The second kappa shape index (κ2) is 5.58. The lowest BCUT2D eigenvalue weighted by atomic mass is 9.99. The average Bonchev–Trinajstić information content (AvgIpc) is 2.41. The van der Waals surface area contributed by atoms with Gasteiger partial charge in [-0.2, -0.15) is 0 Å². The lowest BCUT2D eigenvalue weighted by Crippen LogP contribution is -1.88. The Morgan fingerprint density at radius 2 is 1.61 bits per heavy atom. The Balaban J connectivity index is 2.38. The first kappa shape index (κ1) is 12.5. The zero-order valence-corrected chi connectivity index (χ0v) is 10.6. The first-order valence-corrected chi connectivity index (χ1v) is 6.33. The van der Waals surface area contributed by atoms with Crippen molar-refractivity contribution in [3.05, 3.63) is 48.0 Å². The molecule has 2 nitrogen and oxygen atoms in total. The smallest absolute Gasteiger partial charge is 0.165 e. The molecule has 0 aromatic heterocycles. The quantitative estimate of drug-likeness (QED) is 0.792. The number of phenolic OH excluding ortho intramolecular Hbond substituents is 2. The second-order valence-electron chi connectivity index (χ2n) is 4.44. The van der Waals surface area contributed by atoms with E-state index >= 15 is 0 Å². The van der Waals surface area contributed by atoms with Gasteiger partial charge in [0.1, 0.15) is 0 Å². The fraction of sp³-hybridized carbons (Fsp3) is 0.250. The van der Waals surface area contributed by atoms with Crippen molar-refractivity contribution in [1.82, 2.24) is 0 Å². The van der Waals surface area contributed by atoms with Gasteiger partial charge in [0.15, 0.2) is 11.5 Å². The minimum Gasteiger partial charge on any atom is -0.504 e. The minimum atomic E-state index is -0.0187. The number of phenols is 2. The molecule has 0 saturated heterocycles. The van der Waals surface area contributed by atoms with Gasteiger partial charge < -0.3 is 10.2 Å². The largest absolute Gasteiger partial charge is 0.504 e. The Labute approximate surface area is 108 Å². The third-order valence-corrected chi connectivity index (χ3v) is 3.12. The van der Waals surface area contributed by atoms with Gasteiger partial charge in [0.05, 0.1) is 0 Å². The summed E-state index contributed by atoms with van der Waals surface area (Å²) in [6.45, 7) is 2.11. The molecule has 2 aromatic carbocycles. The predicted molar refractivity (Wildman–Crippen MR) is 73.8 cm³/mol. The molecule has 2 rings (SSSR count). The fourth-order valence-electron chi connectivity index (χ4n) is 2.04. The Hall–Kier alpha value is -1.96. The molecule has 0 aliphatic heterocycles. The van der Waals surface area contributed by atoms with E-state index in [0.29, 0.717) is 5.56 Å². The molecule has 0 fully saturated rings. The molecule has 2 N–H and O–H groups in total. The Morgan fingerprint density at radius 3 is 2.28 bits per heavy atom. The maximum absolute atomic E-state index is 10.1. The first-order valence-electron chi connectivity index (χ1n) is 6.33. The molecule has 0 aliphatic rings. The molecule has 0 unspecified atom stereocenters. The van der Waals surface area contributed by atoms with E-state index in [1.54, 1.807) is 0 Å². The molecule has 0 amide bonds. The molecule has 2 aromatic rings.